The standard InChI is InChI=1S/C26H20N10O3/c1-15(29-24(37)20-21(27)32-35-13-6-12-28-23(20)35)22-30-25-19(26(38)36(22)17-7-4-3-5-8-17)18(33-39-25)10-9-16-11-14-34(2)31-16/h3-8,11-15H,1-2H3,(H2,27,32)(H,29,37)/t15-/m0/s1. The minimum absolute atomic E-state index is 0.00855. The number of para-hydroxylation sites is 1. The van der Waals surface area contributed by atoms with Gasteiger partial charge in [0.2, 0.25) is 0 Å². The van der Waals surface area contributed by atoms with Crippen LogP contribution >= 0.6 is 0 Å². The van der Waals surface area contributed by atoms with E-state index in [1.807, 2.05) is 6.07 Å². The minimum Gasteiger partial charge on any atom is -0.381 e. The molecule has 0 unspecified atom stereocenters. The molecule has 1 aromatic carbocycles. The fraction of sp³-hybridized carbons (Fsp3) is 0.115. The number of hydrogen-bond donors (Lipinski definition) is 2. The zero-order chi connectivity index (χ0) is 27.1. The van der Waals surface area contributed by atoms with Crippen molar-refractivity contribution < 1.29 is 9.32 Å². The van der Waals surface area contributed by atoms with Crippen molar-refractivity contribution in [2.45, 2.75) is 13.0 Å². The monoisotopic (exact) mass is 520 g/mol. The maximum atomic E-state index is 13.9. The lowest BCUT2D eigenvalue weighted by Crippen LogP contribution is -2.33. The predicted octanol–water partition coefficient (Wildman–Crippen LogP) is 1.62. The van der Waals surface area contributed by atoms with E-state index in [4.69, 9.17) is 10.3 Å². The first-order valence-corrected chi connectivity index (χ1v) is 11.8. The first kappa shape index (κ1) is 23.6. The molecule has 6 aromatic rings. The van der Waals surface area contributed by atoms with Crippen molar-refractivity contribution in [3.63, 3.8) is 0 Å². The Bertz CT molecular complexity index is 1990. The van der Waals surface area contributed by atoms with E-state index in [-0.39, 0.29) is 34.0 Å². The summed E-state index contributed by atoms with van der Waals surface area (Å²) < 4.78 is 9.83. The molecule has 13 heteroatoms. The van der Waals surface area contributed by atoms with Gasteiger partial charge < -0.3 is 15.6 Å². The number of aromatic nitrogens is 8. The van der Waals surface area contributed by atoms with Crippen molar-refractivity contribution in [2.75, 3.05) is 5.73 Å². The number of anilines is 1. The number of benzene rings is 1. The van der Waals surface area contributed by atoms with Crippen molar-refractivity contribution in [1.29, 1.82) is 0 Å². The number of hydrogen-bond acceptors (Lipinski definition) is 9. The Labute approximate surface area is 219 Å². The van der Waals surface area contributed by atoms with Gasteiger partial charge in [-0.3, -0.25) is 18.8 Å². The molecule has 6 rings (SSSR count). The van der Waals surface area contributed by atoms with Gasteiger partial charge in [0.1, 0.15) is 22.5 Å². The molecule has 13 nitrogen and oxygen atoms in total. The molecule has 0 fully saturated rings. The van der Waals surface area contributed by atoms with Crippen LogP contribution in [-0.4, -0.2) is 45.0 Å². The summed E-state index contributed by atoms with van der Waals surface area (Å²) in [6.07, 6.45) is 4.94. The van der Waals surface area contributed by atoms with Crippen molar-refractivity contribution in [3.8, 4) is 17.5 Å². The molecule has 1 amide bonds. The van der Waals surface area contributed by atoms with Gasteiger partial charge in [-0.25, -0.2) is 9.50 Å². The van der Waals surface area contributed by atoms with Crippen LogP contribution in [0.2, 0.25) is 0 Å². The number of fused-ring (bicyclic) bond motifs is 2. The molecular formula is C26H20N10O3. The van der Waals surface area contributed by atoms with E-state index < -0.39 is 17.5 Å². The highest BCUT2D eigenvalue weighted by Gasteiger charge is 2.26. The Balaban J connectivity index is 1.45. The lowest BCUT2D eigenvalue weighted by atomic mass is 10.2. The number of carbonyl (C=O) groups excluding carboxylic acids is 1. The van der Waals surface area contributed by atoms with Gasteiger partial charge in [0.15, 0.2) is 17.2 Å². The van der Waals surface area contributed by atoms with Gasteiger partial charge in [-0.05, 0) is 43.0 Å². The number of nitrogens with one attached hydrogen (secondary N) is 1. The Morgan fingerprint density at radius 3 is 2.69 bits per heavy atom. The summed E-state index contributed by atoms with van der Waals surface area (Å²) in [5.74, 6) is 5.45. The average molecular weight is 521 g/mol. The molecule has 0 spiro atoms. The topological polar surface area (TPSA) is 164 Å². The number of nitrogen functional groups attached to an aromatic ring is 1. The van der Waals surface area contributed by atoms with E-state index in [2.05, 4.69) is 42.5 Å². The van der Waals surface area contributed by atoms with Crippen molar-refractivity contribution >= 4 is 28.5 Å². The zero-order valence-corrected chi connectivity index (χ0v) is 20.7. The molecule has 3 N–H and O–H groups in total. The molecular weight excluding hydrogens is 500 g/mol. The Kier molecular flexibility index (Phi) is 5.61. The molecule has 0 bridgehead atoms. The summed E-state index contributed by atoms with van der Waals surface area (Å²) in [5.41, 5.74) is 7.15. The summed E-state index contributed by atoms with van der Waals surface area (Å²) >= 11 is 0. The third kappa shape index (κ3) is 4.15. The van der Waals surface area contributed by atoms with Gasteiger partial charge in [0.05, 0.1) is 11.7 Å². The van der Waals surface area contributed by atoms with Gasteiger partial charge >= 0.3 is 0 Å². The summed E-state index contributed by atoms with van der Waals surface area (Å²) in [4.78, 5) is 35.9. The highest BCUT2D eigenvalue weighted by molar-refractivity contribution is 6.04. The van der Waals surface area contributed by atoms with Crippen molar-refractivity contribution in [2.24, 2.45) is 7.05 Å². The van der Waals surface area contributed by atoms with E-state index in [9.17, 15) is 9.59 Å². The number of nitrogens with zero attached hydrogens (tertiary/aromatic N) is 8. The van der Waals surface area contributed by atoms with Crippen LogP contribution in [0.15, 0.2) is 70.4 Å². The third-order valence-corrected chi connectivity index (χ3v) is 5.96. The smallest absolute Gasteiger partial charge is 0.272 e. The summed E-state index contributed by atoms with van der Waals surface area (Å²) in [7, 11) is 1.78. The third-order valence-electron chi connectivity index (χ3n) is 5.96. The second-order valence-corrected chi connectivity index (χ2v) is 8.63. The largest absolute Gasteiger partial charge is 0.381 e. The molecule has 1 atom stereocenters. The molecule has 0 saturated carbocycles. The average Bonchev–Trinajstić information content (AvgIpc) is 3.63. The quantitative estimate of drug-likeness (QED) is 0.329. The minimum atomic E-state index is -0.763. The Morgan fingerprint density at radius 2 is 1.92 bits per heavy atom. The molecule has 39 heavy (non-hydrogen) atoms. The van der Waals surface area contributed by atoms with Gasteiger partial charge in [0.25, 0.3) is 17.2 Å². The van der Waals surface area contributed by atoms with E-state index in [0.717, 1.165) is 0 Å². The molecule has 0 radical (unpaired) electrons. The number of amides is 1. The highest BCUT2D eigenvalue weighted by atomic mass is 16.5. The first-order valence-electron chi connectivity index (χ1n) is 11.8. The maximum Gasteiger partial charge on any atom is 0.272 e. The van der Waals surface area contributed by atoms with Crippen LogP contribution in [0.5, 0.6) is 0 Å². The van der Waals surface area contributed by atoms with Crippen LogP contribution in [-0.2, 0) is 7.05 Å². The first-order chi connectivity index (χ1) is 18.9. The number of rotatable bonds is 4. The number of nitrogens with two attached hydrogens (primary N) is 1. The van der Waals surface area contributed by atoms with Gasteiger partial charge in [-0.2, -0.15) is 10.1 Å². The Morgan fingerprint density at radius 1 is 1.10 bits per heavy atom. The lowest BCUT2D eigenvalue weighted by molar-refractivity contribution is 0.0940. The zero-order valence-electron chi connectivity index (χ0n) is 20.7. The molecule has 0 aliphatic rings. The summed E-state index contributed by atoms with van der Waals surface area (Å²) in [5, 5.41) is 15.3. The second-order valence-electron chi connectivity index (χ2n) is 8.63. The van der Waals surface area contributed by atoms with Gasteiger partial charge in [0, 0.05) is 25.6 Å². The van der Waals surface area contributed by atoms with Crippen LogP contribution in [0, 0.1) is 11.8 Å². The van der Waals surface area contributed by atoms with E-state index in [1.54, 1.807) is 67.4 Å². The second kappa shape index (κ2) is 9.27. The molecule has 0 aliphatic carbocycles. The van der Waals surface area contributed by atoms with Gasteiger partial charge in [-0.1, -0.05) is 23.4 Å². The van der Waals surface area contributed by atoms with Gasteiger partial charge in [-0.15, -0.1) is 5.10 Å². The fourth-order valence-electron chi connectivity index (χ4n) is 4.18. The molecule has 192 valence electrons. The number of aryl methyl sites for hydroxylation is 1. The van der Waals surface area contributed by atoms with Crippen LogP contribution in [0.1, 0.15) is 40.5 Å². The highest BCUT2D eigenvalue weighted by Crippen LogP contribution is 2.22. The van der Waals surface area contributed by atoms with Crippen LogP contribution in [0.4, 0.5) is 5.82 Å². The predicted molar refractivity (Wildman–Crippen MR) is 140 cm³/mol. The molecule has 5 aromatic heterocycles. The molecule has 0 aliphatic heterocycles. The molecule has 5 heterocycles. The Hall–Kier alpha value is -5.77. The maximum absolute atomic E-state index is 13.9. The lowest BCUT2D eigenvalue weighted by Gasteiger charge is -2.18. The van der Waals surface area contributed by atoms with Crippen LogP contribution in [0.25, 0.3) is 22.4 Å². The molecule has 0 saturated heterocycles. The number of carbonyl (C=O) groups is 1. The van der Waals surface area contributed by atoms with Crippen LogP contribution in [0.3, 0.4) is 0 Å². The van der Waals surface area contributed by atoms with Crippen LogP contribution < -0.4 is 16.6 Å². The van der Waals surface area contributed by atoms with Crippen molar-refractivity contribution in [3.05, 3.63) is 94.2 Å². The van der Waals surface area contributed by atoms with Crippen molar-refractivity contribution in [1.82, 2.24) is 44.4 Å². The fourth-order valence-corrected chi connectivity index (χ4v) is 4.18. The summed E-state index contributed by atoms with van der Waals surface area (Å²) in [6, 6.07) is 11.6. The normalized spacial score (nSPS) is 11.8. The SMILES string of the molecule is C[C@H](NC(=O)c1c(N)nn2cccnc12)c1nc2onc(C#Cc3ccn(C)n3)c2c(=O)n1-c1ccccc1. The summed E-state index contributed by atoms with van der Waals surface area (Å²) in [6.45, 7) is 1.69. The van der Waals surface area contributed by atoms with E-state index in [0.29, 0.717) is 17.0 Å². The van der Waals surface area contributed by atoms with E-state index >= 15 is 0 Å². The van der Waals surface area contributed by atoms with E-state index in [1.165, 1.54) is 15.3 Å².